The molecule has 1 aliphatic carbocycles. The standard InChI is InChI=1S/C12H22ClNO/c1-12(2)8-4-3-6-10(12)14-11(15)7-5-9-13/h10H,3-9H2,1-2H3,(H,14,15). The molecule has 1 N–H and O–H groups in total. The van der Waals surface area contributed by atoms with E-state index in [1.807, 2.05) is 0 Å². The van der Waals surface area contributed by atoms with E-state index in [9.17, 15) is 4.79 Å². The average Bonchev–Trinajstić information content (AvgIpc) is 2.18. The third-order valence-electron chi connectivity index (χ3n) is 3.38. The van der Waals surface area contributed by atoms with Crippen molar-refractivity contribution in [2.75, 3.05) is 5.88 Å². The second kappa shape index (κ2) is 5.74. The molecule has 1 aliphatic rings. The van der Waals surface area contributed by atoms with Crippen LogP contribution in [-0.4, -0.2) is 17.8 Å². The lowest BCUT2D eigenvalue weighted by Crippen LogP contribution is -2.46. The summed E-state index contributed by atoms with van der Waals surface area (Å²) in [6, 6.07) is 0.356. The number of carbonyl (C=O) groups excluding carboxylic acids is 1. The van der Waals surface area contributed by atoms with Gasteiger partial charge in [-0.15, -0.1) is 11.6 Å². The third-order valence-corrected chi connectivity index (χ3v) is 3.65. The molecule has 0 radical (unpaired) electrons. The van der Waals surface area contributed by atoms with Crippen molar-refractivity contribution in [3.63, 3.8) is 0 Å². The van der Waals surface area contributed by atoms with Crippen molar-refractivity contribution in [2.45, 2.75) is 58.4 Å². The van der Waals surface area contributed by atoms with Crippen LogP contribution >= 0.6 is 11.6 Å². The number of nitrogens with one attached hydrogen (secondary N) is 1. The van der Waals surface area contributed by atoms with E-state index in [4.69, 9.17) is 11.6 Å². The highest BCUT2D eigenvalue weighted by Gasteiger charge is 2.32. The summed E-state index contributed by atoms with van der Waals surface area (Å²) >= 11 is 5.56. The minimum Gasteiger partial charge on any atom is -0.353 e. The van der Waals surface area contributed by atoms with Crippen LogP contribution in [0.15, 0.2) is 0 Å². The molecule has 1 rings (SSSR count). The van der Waals surface area contributed by atoms with Crippen molar-refractivity contribution in [1.82, 2.24) is 5.32 Å². The Labute approximate surface area is 97.8 Å². The van der Waals surface area contributed by atoms with E-state index in [1.54, 1.807) is 0 Å². The van der Waals surface area contributed by atoms with Crippen molar-refractivity contribution >= 4 is 17.5 Å². The highest BCUT2D eigenvalue weighted by atomic mass is 35.5. The third kappa shape index (κ3) is 4.02. The SMILES string of the molecule is CC1(C)CCCCC1NC(=O)CCCCl. The van der Waals surface area contributed by atoms with Gasteiger partial charge in [-0.1, -0.05) is 26.7 Å². The summed E-state index contributed by atoms with van der Waals surface area (Å²) in [6.07, 6.45) is 6.22. The number of halogens is 1. The summed E-state index contributed by atoms with van der Waals surface area (Å²) in [5, 5.41) is 3.15. The first kappa shape index (κ1) is 12.8. The summed E-state index contributed by atoms with van der Waals surface area (Å²) in [6.45, 7) is 4.50. The van der Waals surface area contributed by atoms with Gasteiger partial charge in [-0.25, -0.2) is 0 Å². The highest BCUT2D eigenvalue weighted by molar-refractivity contribution is 6.17. The van der Waals surface area contributed by atoms with Gasteiger partial charge in [0.1, 0.15) is 0 Å². The summed E-state index contributed by atoms with van der Waals surface area (Å²) < 4.78 is 0. The summed E-state index contributed by atoms with van der Waals surface area (Å²) in [5.74, 6) is 0.734. The molecule has 0 bridgehead atoms. The van der Waals surface area contributed by atoms with E-state index in [1.165, 1.54) is 19.3 Å². The molecule has 1 saturated carbocycles. The van der Waals surface area contributed by atoms with Crippen LogP contribution in [0.1, 0.15) is 52.4 Å². The van der Waals surface area contributed by atoms with E-state index < -0.39 is 0 Å². The molecule has 0 heterocycles. The summed E-state index contributed by atoms with van der Waals surface area (Å²) in [4.78, 5) is 11.6. The Morgan fingerprint density at radius 1 is 1.47 bits per heavy atom. The van der Waals surface area contributed by atoms with Crippen molar-refractivity contribution in [3.8, 4) is 0 Å². The average molecular weight is 232 g/mol. The lowest BCUT2D eigenvalue weighted by molar-refractivity contribution is -0.123. The minimum atomic E-state index is 0.163. The molecular formula is C12H22ClNO. The first-order valence-corrected chi connectivity index (χ1v) is 6.45. The van der Waals surface area contributed by atoms with Gasteiger partial charge in [-0.3, -0.25) is 4.79 Å². The Hall–Kier alpha value is -0.240. The minimum absolute atomic E-state index is 0.163. The van der Waals surface area contributed by atoms with E-state index in [0.29, 0.717) is 18.3 Å². The Kier molecular flexibility index (Phi) is 4.91. The molecule has 1 amide bonds. The molecule has 2 nitrogen and oxygen atoms in total. The maximum absolute atomic E-state index is 11.6. The maximum atomic E-state index is 11.6. The van der Waals surface area contributed by atoms with Crippen LogP contribution in [0.3, 0.4) is 0 Å². The first-order chi connectivity index (χ1) is 7.06. The van der Waals surface area contributed by atoms with Gasteiger partial charge in [0.05, 0.1) is 0 Å². The predicted octanol–water partition coefficient (Wildman–Crippen LogP) is 3.09. The van der Waals surface area contributed by atoms with Gasteiger partial charge < -0.3 is 5.32 Å². The van der Waals surface area contributed by atoms with Crippen LogP contribution in [0.2, 0.25) is 0 Å². The van der Waals surface area contributed by atoms with Crippen LogP contribution in [0.5, 0.6) is 0 Å². The van der Waals surface area contributed by atoms with Crippen molar-refractivity contribution < 1.29 is 4.79 Å². The number of rotatable bonds is 4. The Morgan fingerprint density at radius 2 is 2.20 bits per heavy atom. The Balaban J connectivity index is 2.38. The van der Waals surface area contributed by atoms with Gasteiger partial charge >= 0.3 is 0 Å². The fourth-order valence-electron chi connectivity index (χ4n) is 2.26. The number of hydrogen-bond donors (Lipinski definition) is 1. The van der Waals surface area contributed by atoms with Crippen LogP contribution in [0.4, 0.5) is 0 Å². The van der Waals surface area contributed by atoms with Crippen LogP contribution in [0, 0.1) is 5.41 Å². The zero-order valence-corrected chi connectivity index (χ0v) is 10.6. The molecule has 1 atom stereocenters. The molecule has 0 aromatic heterocycles. The number of amides is 1. The Bertz CT molecular complexity index is 216. The zero-order valence-electron chi connectivity index (χ0n) is 9.81. The van der Waals surface area contributed by atoms with Gasteiger partial charge in [-0.2, -0.15) is 0 Å². The van der Waals surface area contributed by atoms with Crippen LogP contribution in [0.25, 0.3) is 0 Å². The van der Waals surface area contributed by atoms with Crippen molar-refractivity contribution in [3.05, 3.63) is 0 Å². The number of hydrogen-bond acceptors (Lipinski definition) is 1. The quantitative estimate of drug-likeness (QED) is 0.741. The fraction of sp³-hybridized carbons (Fsp3) is 0.917. The van der Waals surface area contributed by atoms with Gasteiger partial charge in [-0.05, 0) is 24.7 Å². The molecule has 1 fully saturated rings. The van der Waals surface area contributed by atoms with Crippen LogP contribution in [-0.2, 0) is 4.79 Å². The lowest BCUT2D eigenvalue weighted by atomic mass is 9.73. The largest absolute Gasteiger partial charge is 0.353 e. The Morgan fingerprint density at radius 3 is 2.80 bits per heavy atom. The van der Waals surface area contributed by atoms with E-state index in [2.05, 4.69) is 19.2 Å². The summed E-state index contributed by atoms with van der Waals surface area (Å²) in [7, 11) is 0. The molecule has 3 heteroatoms. The monoisotopic (exact) mass is 231 g/mol. The summed E-state index contributed by atoms with van der Waals surface area (Å²) in [5.41, 5.74) is 0.259. The molecule has 15 heavy (non-hydrogen) atoms. The van der Waals surface area contributed by atoms with Gasteiger partial charge in [0, 0.05) is 18.3 Å². The normalized spacial score (nSPS) is 24.9. The zero-order chi connectivity index (χ0) is 11.3. The second-order valence-corrected chi connectivity index (χ2v) is 5.52. The topological polar surface area (TPSA) is 29.1 Å². The predicted molar refractivity (Wildman–Crippen MR) is 64.1 cm³/mol. The molecule has 0 aromatic carbocycles. The van der Waals surface area contributed by atoms with Crippen molar-refractivity contribution in [1.29, 1.82) is 0 Å². The lowest BCUT2D eigenvalue weighted by Gasteiger charge is -2.39. The molecule has 0 spiro atoms. The number of alkyl halides is 1. The molecule has 0 aromatic rings. The first-order valence-electron chi connectivity index (χ1n) is 5.91. The van der Waals surface area contributed by atoms with E-state index in [0.717, 1.165) is 12.8 Å². The van der Waals surface area contributed by atoms with Gasteiger partial charge in [0.15, 0.2) is 0 Å². The fourth-order valence-corrected chi connectivity index (χ4v) is 2.39. The molecular weight excluding hydrogens is 210 g/mol. The van der Waals surface area contributed by atoms with Gasteiger partial charge in [0.2, 0.25) is 5.91 Å². The molecule has 88 valence electrons. The molecule has 0 saturated heterocycles. The van der Waals surface area contributed by atoms with E-state index >= 15 is 0 Å². The van der Waals surface area contributed by atoms with Crippen molar-refractivity contribution in [2.24, 2.45) is 5.41 Å². The van der Waals surface area contributed by atoms with E-state index in [-0.39, 0.29) is 11.3 Å². The number of carbonyl (C=O) groups is 1. The maximum Gasteiger partial charge on any atom is 0.220 e. The molecule has 1 unspecified atom stereocenters. The smallest absolute Gasteiger partial charge is 0.220 e. The van der Waals surface area contributed by atoms with Gasteiger partial charge in [0.25, 0.3) is 0 Å². The second-order valence-electron chi connectivity index (χ2n) is 5.15. The van der Waals surface area contributed by atoms with Crippen LogP contribution < -0.4 is 5.32 Å². The molecule has 0 aliphatic heterocycles. The highest BCUT2D eigenvalue weighted by Crippen LogP contribution is 2.35.